The third-order valence-electron chi connectivity index (χ3n) is 11.1. The molecule has 0 spiro atoms. The van der Waals surface area contributed by atoms with E-state index >= 15 is 0 Å². The quantitative estimate of drug-likeness (QED) is 0.0279. The summed E-state index contributed by atoms with van der Waals surface area (Å²) in [5.41, 5.74) is 1.91. The van der Waals surface area contributed by atoms with Gasteiger partial charge in [-0.1, -0.05) is 52.0 Å². The molecule has 0 atom stereocenters. The number of hydrogen-bond acceptors (Lipinski definition) is 11. The molecule has 0 saturated carbocycles. The molecule has 7 N–H and O–H groups in total. The van der Waals surface area contributed by atoms with Gasteiger partial charge in [0.1, 0.15) is 17.1 Å². The number of benzene rings is 5. The molecule has 0 aliphatic carbocycles. The van der Waals surface area contributed by atoms with Gasteiger partial charge in [0.2, 0.25) is 0 Å². The van der Waals surface area contributed by atoms with E-state index in [0.717, 1.165) is 52.1 Å². The molecule has 1 heterocycles. The van der Waals surface area contributed by atoms with Gasteiger partial charge in [-0.3, -0.25) is 19.2 Å². The second-order valence-corrected chi connectivity index (χ2v) is 15.2. The van der Waals surface area contributed by atoms with Crippen molar-refractivity contribution in [1.29, 1.82) is 0 Å². The number of H-pyrrole nitrogens is 2. The van der Waals surface area contributed by atoms with E-state index in [2.05, 4.69) is 79.0 Å². The van der Waals surface area contributed by atoms with Crippen LogP contribution in [-0.2, 0) is 0 Å². The van der Waals surface area contributed by atoms with Crippen LogP contribution in [0.1, 0.15) is 82.0 Å². The number of anilines is 2. The van der Waals surface area contributed by atoms with Crippen LogP contribution in [-0.4, -0.2) is 108 Å². The fourth-order valence-electron chi connectivity index (χ4n) is 7.37. The van der Waals surface area contributed by atoms with Gasteiger partial charge in [0, 0.05) is 46.5 Å². The van der Waals surface area contributed by atoms with Crippen molar-refractivity contribution in [3.05, 3.63) is 118 Å². The minimum absolute atomic E-state index is 0.00224. The Bertz CT molecular complexity index is 2700. The van der Waals surface area contributed by atoms with Crippen LogP contribution in [0.5, 0.6) is 11.5 Å². The number of amides is 4. The minimum atomic E-state index is -0.633. The number of fused-ring (bicyclic) bond motifs is 2. The lowest BCUT2D eigenvalue weighted by atomic mass is 10.0. The Morgan fingerprint density at radius 2 is 1.26 bits per heavy atom. The van der Waals surface area contributed by atoms with Gasteiger partial charge >= 0.3 is 5.69 Å². The number of aromatic amines is 2. The lowest BCUT2D eigenvalue weighted by Gasteiger charge is -2.18. The molecule has 340 valence electrons. The monoisotopic (exact) mass is 884 g/mol. The Kier molecular flexibility index (Phi) is 16.2. The number of azo groups is 1. The largest absolute Gasteiger partial charge is 0.505 e. The molecule has 0 aliphatic rings. The summed E-state index contributed by atoms with van der Waals surface area (Å²) in [5, 5.41) is 32.9. The lowest BCUT2D eigenvalue weighted by Crippen LogP contribution is -2.31. The van der Waals surface area contributed by atoms with E-state index in [9.17, 15) is 29.1 Å². The highest BCUT2D eigenvalue weighted by atomic mass is 16.5. The molecule has 17 nitrogen and oxygen atoms in total. The number of ether oxygens (including phenoxy) is 1. The number of hydrogen-bond donors (Lipinski definition) is 7. The highest BCUT2D eigenvalue weighted by Crippen LogP contribution is 2.41. The summed E-state index contributed by atoms with van der Waals surface area (Å²) in [5.74, 6) is -2.13. The molecule has 6 rings (SSSR count). The molecule has 0 saturated heterocycles. The first-order valence-electron chi connectivity index (χ1n) is 21.8. The van der Waals surface area contributed by atoms with Gasteiger partial charge in [0.15, 0.2) is 5.75 Å². The Morgan fingerprint density at radius 1 is 0.646 bits per heavy atom. The number of carbonyl (C=O) groups is 4. The van der Waals surface area contributed by atoms with Crippen LogP contribution in [0.3, 0.4) is 0 Å². The number of nitrogens with one attached hydrogen (secondary N) is 6. The van der Waals surface area contributed by atoms with E-state index in [1.54, 1.807) is 48.5 Å². The number of rotatable bonds is 21. The highest BCUT2D eigenvalue weighted by molar-refractivity contribution is 6.12. The van der Waals surface area contributed by atoms with Crippen molar-refractivity contribution in [3.8, 4) is 11.5 Å². The van der Waals surface area contributed by atoms with Gasteiger partial charge in [0.25, 0.3) is 23.6 Å². The summed E-state index contributed by atoms with van der Waals surface area (Å²) in [6.45, 7) is 14.5. The maximum absolute atomic E-state index is 13.9. The van der Waals surface area contributed by atoms with Gasteiger partial charge in [-0.15, -0.1) is 10.2 Å². The summed E-state index contributed by atoms with van der Waals surface area (Å²) in [6.07, 6.45) is 1.49. The van der Waals surface area contributed by atoms with Gasteiger partial charge in [-0.2, -0.15) is 0 Å². The molecule has 0 aliphatic heterocycles. The summed E-state index contributed by atoms with van der Waals surface area (Å²) in [4.78, 5) is 76.0. The predicted molar refractivity (Wildman–Crippen MR) is 254 cm³/mol. The van der Waals surface area contributed by atoms with Crippen molar-refractivity contribution in [1.82, 2.24) is 30.4 Å². The third-order valence-corrected chi connectivity index (χ3v) is 11.1. The summed E-state index contributed by atoms with van der Waals surface area (Å²) in [7, 11) is 1.43. The average molecular weight is 885 g/mol. The van der Waals surface area contributed by atoms with E-state index in [0.29, 0.717) is 40.6 Å². The second-order valence-electron chi connectivity index (χ2n) is 15.2. The number of phenols is 1. The molecule has 17 heteroatoms. The number of carbonyl (C=O) groups excluding carboxylic acids is 4. The molecule has 0 radical (unpaired) electrons. The molecule has 0 fully saturated rings. The Labute approximate surface area is 376 Å². The van der Waals surface area contributed by atoms with Crippen molar-refractivity contribution in [3.63, 3.8) is 0 Å². The molecule has 1 aromatic heterocycles. The molecular weight excluding hydrogens is 829 g/mol. The number of aromatic nitrogens is 2. The highest BCUT2D eigenvalue weighted by Gasteiger charge is 2.21. The topological polar surface area (TPSA) is 226 Å². The normalized spacial score (nSPS) is 11.4. The van der Waals surface area contributed by atoms with E-state index in [4.69, 9.17) is 4.74 Å². The zero-order valence-corrected chi connectivity index (χ0v) is 37.3. The number of aromatic hydroxyl groups is 1. The average Bonchev–Trinajstić information content (AvgIpc) is 3.69. The van der Waals surface area contributed by atoms with Crippen molar-refractivity contribution in [2.24, 2.45) is 10.2 Å². The molecule has 5 aromatic carbocycles. The first-order valence-corrected chi connectivity index (χ1v) is 21.8. The Morgan fingerprint density at radius 3 is 1.89 bits per heavy atom. The maximum Gasteiger partial charge on any atom is 0.323 e. The van der Waals surface area contributed by atoms with Crippen molar-refractivity contribution >= 4 is 68.2 Å². The SMILES string of the molecule is CCN(CC)CCCNC(=O)c1cc(NC(=O)c2ccc(OC)c(N=Nc3c(O)c(C(=O)Nc4ccc5[nH]c(=O)[nH]c5c4)cc4ccccc34)c2)cc(C(=O)NCCCN(CC)CC)c1. The molecule has 0 bridgehead atoms. The van der Waals surface area contributed by atoms with Crippen LogP contribution in [0.15, 0.2) is 100.0 Å². The Hall–Kier alpha value is -7.37. The van der Waals surface area contributed by atoms with Gasteiger partial charge in [-0.25, -0.2) is 4.79 Å². The fraction of sp³-hybridized carbons (Fsp3) is 0.312. The van der Waals surface area contributed by atoms with E-state index in [1.807, 2.05) is 0 Å². The molecule has 65 heavy (non-hydrogen) atoms. The van der Waals surface area contributed by atoms with Crippen LogP contribution in [0.25, 0.3) is 21.8 Å². The number of nitrogens with zero attached hydrogens (tertiary/aromatic N) is 4. The van der Waals surface area contributed by atoms with Crippen LogP contribution < -0.4 is 31.7 Å². The summed E-state index contributed by atoms with van der Waals surface area (Å²) >= 11 is 0. The van der Waals surface area contributed by atoms with E-state index in [1.165, 1.54) is 43.5 Å². The van der Waals surface area contributed by atoms with Crippen molar-refractivity contribution in [2.45, 2.75) is 40.5 Å². The van der Waals surface area contributed by atoms with Gasteiger partial charge in [-0.05, 0) is 118 Å². The van der Waals surface area contributed by atoms with E-state index < -0.39 is 17.6 Å². The fourth-order valence-corrected chi connectivity index (χ4v) is 7.37. The number of methoxy groups -OCH3 is 1. The zero-order valence-electron chi connectivity index (χ0n) is 37.3. The summed E-state index contributed by atoms with van der Waals surface area (Å²) < 4.78 is 5.55. The lowest BCUT2D eigenvalue weighted by molar-refractivity contribution is 0.0948. The molecule has 6 aromatic rings. The number of phenolic OH excluding ortho intramolecular Hbond substituents is 1. The third kappa shape index (κ3) is 12.0. The van der Waals surface area contributed by atoms with Crippen LogP contribution >= 0.6 is 0 Å². The molecule has 4 amide bonds. The second kappa shape index (κ2) is 22.3. The smallest absolute Gasteiger partial charge is 0.323 e. The van der Waals surface area contributed by atoms with Crippen LogP contribution in [0.4, 0.5) is 22.7 Å². The van der Waals surface area contributed by atoms with Gasteiger partial charge in [0.05, 0.1) is 23.7 Å². The van der Waals surface area contributed by atoms with E-state index in [-0.39, 0.29) is 62.6 Å². The standard InChI is InChI=1S/C48H56N10O7/c1-6-57(7-2)22-12-20-49-44(60)32-24-33(45(61)50-21-13-23-58(8-3)9-4)26-35(25-32)52-46(62)31-16-19-41(65-5)40(28-31)55-56-42-36-15-11-10-14-30(36)27-37(43(42)59)47(63)51-34-17-18-38-39(29-34)54-48(64)53-38/h10-11,14-19,24-29,59H,6-9,12-13,20-23H2,1-5H3,(H,49,60)(H,50,61)(H,51,63)(H,52,62)(H2,53,54,64). The maximum atomic E-state index is 13.9. The van der Waals surface area contributed by atoms with Crippen molar-refractivity contribution < 1.29 is 29.0 Å². The van der Waals surface area contributed by atoms with Crippen LogP contribution in [0.2, 0.25) is 0 Å². The minimum Gasteiger partial charge on any atom is -0.505 e. The molecular formula is C48H56N10O7. The molecule has 0 unspecified atom stereocenters. The van der Waals surface area contributed by atoms with Crippen molar-refractivity contribution in [2.75, 3.05) is 70.1 Å². The summed E-state index contributed by atoms with van der Waals surface area (Å²) in [6, 6.07) is 22.5. The Balaban J connectivity index is 1.25. The van der Waals surface area contributed by atoms with Gasteiger partial charge < -0.3 is 50.9 Å². The first-order chi connectivity index (χ1) is 31.4. The number of imidazole rings is 1. The first kappa shape index (κ1) is 47.1. The zero-order chi connectivity index (χ0) is 46.5. The van der Waals surface area contributed by atoms with Crippen LogP contribution in [0, 0.1) is 0 Å². The predicted octanol–water partition coefficient (Wildman–Crippen LogP) is 7.57.